The Hall–Kier alpha value is -0.960. The van der Waals surface area contributed by atoms with Crippen LogP contribution in [0.2, 0.25) is 0 Å². The van der Waals surface area contributed by atoms with Crippen molar-refractivity contribution in [2.75, 3.05) is 0 Å². The van der Waals surface area contributed by atoms with Gasteiger partial charge in [-0.15, -0.1) is 11.8 Å². The number of carboxylic acids is 1. The molecule has 0 aliphatic carbocycles. The highest BCUT2D eigenvalue weighted by Crippen LogP contribution is 2.50. The summed E-state index contributed by atoms with van der Waals surface area (Å²) in [6, 6.07) is -2.80. The van der Waals surface area contributed by atoms with Gasteiger partial charge in [0.2, 0.25) is 11.8 Å². The highest BCUT2D eigenvalue weighted by molar-refractivity contribution is 8.01. The average molecular weight is 368 g/mol. The quantitative estimate of drug-likeness (QED) is 0.614. The van der Waals surface area contributed by atoms with Crippen molar-refractivity contribution in [2.45, 2.75) is 42.1 Å². The average Bonchev–Trinajstić information content (AvgIpc) is 2.63. The molecule has 0 aromatic heterocycles. The number of carbonyl (C=O) groups is 3. The molecule has 22 heavy (non-hydrogen) atoms. The Labute approximate surface area is 141 Å². The topological polar surface area (TPSA) is 113 Å². The van der Waals surface area contributed by atoms with Crippen LogP contribution >= 0.6 is 35.0 Å². The van der Waals surface area contributed by atoms with Crippen LogP contribution in [-0.4, -0.2) is 56.0 Å². The number of amides is 2. The standard InChI is InChI=1S/C12H15Cl2N3O4S/c1-12(2)7(11(20)21)17-9(19)6(10(17)22-12)16-8(18)4(15)3-5(13)14/h3-4,6-7,10H,15H2,1-2H3,(H,16,18)(H,20,21)/t4?,6-,7-,10+/m0/s1. The molecular formula is C12H15Cl2N3O4S. The number of halogens is 2. The minimum absolute atomic E-state index is 0.147. The zero-order chi connectivity index (χ0) is 16.8. The Bertz CT molecular complexity index is 565. The molecule has 2 rings (SSSR count). The first-order chi connectivity index (χ1) is 10.1. The molecule has 4 atom stereocenters. The maximum Gasteiger partial charge on any atom is 0.327 e. The Morgan fingerprint density at radius 3 is 2.59 bits per heavy atom. The molecule has 0 aromatic carbocycles. The first kappa shape index (κ1) is 17.4. The highest BCUT2D eigenvalue weighted by Gasteiger charge is 2.64. The second-order valence-corrected chi connectivity index (χ2v) is 8.35. The second-order valence-electron chi connectivity index (χ2n) is 5.57. The van der Waals surface area contributed by atoms with Crippen LogP contribution in [0.25, 0.3) is 0 Å². The smallest absolute Gasteiger partial charge is 0.327 e. The Balaban J connectivity index is 2.09. The molecule has 10 heteroatoms. The molecule has 2 heterocycles. The number of aliphatic carboxylic acids is 1. The number of nitrogens with one attached hydrogen (secondary N) is 1. The normalized spacial score (nSPS) is 30.1. The van der Waals surface area contributed by atoms with Crippen molar-refractivity contribution in [3.63, 3.8) is 0 Å². The number of nitrogens with two attached hydrogens (primary N) is 1. The predicted molar refractivity (Wildman–Crippen MR) is 83.4 cm³/mol. The van der Waals surface area contributed by atoms with Gasteiger partial charge in [-0.05, 0) is 19.9 Å². The summed E-state index contributed by atoms with van der Waals surface area (Å²) in [5.41, 5.74) is 5.57. The number of carboxylic acid groups (broad SMARTS) is 1. The van der Waals surface area contributed by atoms with Crippen LogP contribution < -0.4 is 11.1 Å². The van der Waals surface area contributed by atoms with Gasteiger partial charge in [0, 0.05) is 4.75 Å². The van der Waals surface area contributed by atoms with Crippen LogP contribution in [0.3, 0.4) is 0 Å². The van der Waals surface area contributed by atoms with Crippen LogP contribution in [0.5, 0.6) is 0 Å². The summed E-state index contributed by atoms with van der Waals surface area (Å²) in [4.78, 5) is 36.7. The highest BCUT2D eigenvalue weighted by atomic mass is 35.5. The minimum Gasteiger partial charge on any atom is -0.480 e. The lowest BCUT2D eigenvalue weighted by Crippen LogP contribution is -2.71. The van der Waals surface area contributed by atoms with Crippen molar-refractivity contribution in [3.8, 4) is 0 Å². The predicted octanol–water partition coefficient (Wildman–Crippen LogP) is 0.264. The van der Waals surface area contributed by atoms with Gasteiger partial charge in [-0.2, -0.15) is 0 Å². The van der Waals surface area contributed by atoms with Crippen molar-refractivity contribution >= 4 is 52.7 Å². The summed E-state index contributed by atoms with van der Waals surface area (Å²) in [6.07, 6.45) is 1.14. The molecule has 2 fully saturated rings. The van der Waals surface area contributed by atoms with Crippen LogP contribution in [0.15, 0.2) is 10.6 Å². The van der Waals surface area contributed by atoms with Gasteiger partial charge >= 0.3 is 5.97 Å². The molecule has 7 nitrogen and oxygen atoms in total. The van der Waals surface area contributed by atoms with Crippen LogP contribution in [0.1, 0.15) is 13.8 Å². The fourth-order valence-electron chi connectivity index (χ4n) is 2.61. The van der Waals surface area contributed by atoms with Gasteiger partial charge in [0.25, 0.3) is 0 Å². The third kappa shape index (κ3) is 2.92. The first-order valence-electron chi connectivity index (χ1n) is 6.38. The van der Waals surface area contributed by atoms with Crippen LogP contribution in [-0.2, 0) is 14.4 Å². The zero-order valence-electron chi connectivity index (χ0n) is 11.7. The molecule has 0 aromatic rings. The van der Waals surface area contributed by atoms with E-state index in [0.29, 0.717) is 0 Å². The molecule has 0 saturated carbocycles. The molecule has 0 spiro atoms. The molecule has 2 amide bonds. The fraction of sp³-hybridized carbons (Fsp3) is 0.583. The van der Waals surface area contributed by atoms with Gasteiger partial charge in [0.1, 0.15) is 28.0 Å². The summed E-state index contributed by atoms with van der Waals surface area (Å²) in [7, 11) is 0. The maximum atomic E-state index is 12.2. The van der Waals surface area contributed by atoms with E-state index in [1.807, 2.05) is 0 Å². The van der Waals surface area contributed by atoms with E-state index in [0.717, 1.165) is 6.08 Å². The Morgan fingerprint density at radius 1 is 1.50 bits per heavy atom. The lowest BCUT2D eigenvalue weighted by atomic mass is 9.96. The van der Waals surface area contributed by atoms with Crippen LogP contribution in [0, 0.1) is 0 Å². The third-order valence-electron chi connectivity index (χ3n) is 3.58. The molecule has 0 bridgehead atoms. The number of hydrogen-bond donors (Lipinski definition) is 3. The van der Waals surface area contributed by atoms with Crippen molar-refractivity contribution < 1.29 is 19.5 Å². The van der Waals surface area contributed by atoms with Crippen molar-refractivity contribution in [1.82, 2.24) is 10.2 Å². The first-order valence-corrected chi connectivity index (χ1v) is 8.01. The number of rotatable bonds is 4. The minimum atomic E-state index is -1.08. The Morgan fingerprint density at radius 2 is 2.09 bits per heavy atom. The summed E-state index contributed by atoms with van der Waals surface area (Å²) in [5.74, 6) is -2.10. The summed E-state index contributed by atoms with van der Waals surface area (Å²) < 4.78 is -0.792. The van der Waals surface area contributed by atoms with E-state index in [1.165, 1.54) is 16.7 Å². The number of carbonyl (C=O) groups excluding carboxylic acids is 2. The van der Waals surface area contributed by atoms with Gasteiger partial charge in [-0.25, -0.2) is 4.79 Å². The molecule has 122 valence electrons. The second kappa shape index (κ2) is 5.92. The van der Waals surface area contributed by atoms with E-state index in [4.69, 9.17) is 28.9 Å². The van der Waals surface area contributed by atoms with E-state index in [2.05, 4.69) is 5.32 Å². The van der Waals surface area contributed by atoms with Gasteiger partial charge in [-0.3, -0.25) is 9.59 Å². The SMILES string of the molecule is CC1(C)S[C@@H]2[C@@H](NC(=O)C(N)C=C(Cl)Cl)C(=O)N2[C@H]1C(=O)O. The number of thioether (sulfide) groups is 1. The maximum absolute atomic E-state index is 12.2. The third-order valence-corrected chi connectivity index (χ3v) is 5.40. The van der Waals surface area contributed by atoms with Gasteiger partial charge in [0.05, 0.1) is 0 Å². The molecular weight excluding hydrogens is 353 g/mol. The van der Waals surface area contributed by atoms with E-state index < -0.39 is 46.0 Å². The van der Waals surface area contributed by atoms with E-state index in [-0.39, 0.29) is 4.49 Å². The monoisotopic (exact) mass is 367 g/mol. The molecule has 2 aliphatic heterocycles. The number of nitrogens with zero attached hydrogens (tertiary/aromatic N) is 1. The van der Waals surface area contributed by atoms with Gasteiger partial charge in [0.15, 0.2) is 0 Å². The number of fused-ring (bicyclic) bond motifs is 1. The van der Waals surface area contributed by atoms with Crippen molar-refractivity contribution in [3.05, 3.63) is 10.6 Å². The van der Waals surface area contributed by atoms with E-state index >= 15 is 0 Å². The summed E-state index contributed by atoms with van der Waals surface area (Å²) >= 11 is 12.2. The van der Waals surface area contributed by atoms with Crippen LogP contribution in [0.4, 0.5) is 0 Å². The number of hydrogen-bond acceptors (Lipinski definition) is 5. The van der Waals surface area contributed by atoms with Gasteiger partial charge < -0.3 is 21.1 Å². The fourth-order valence-corrected chi connectivity index (χ4v) is 4.50. The van der Waals surface area contributed by atoms with Crippen molar-refractivity contribution in [2.24, 2.45) is 5.73 Å². The van der Waals surface area contributed by atoms with E-state index in [9.17, 15) is 19.5 Å². The van der Waals surface area contributed by atoms with Crippen molar-refractivity contribution in [1.29, 1.82) is 0 Å². The summed E-state index contributed by atoms with van der Waals surface area (Å²) in [6.45, 7) is 3.51. The summed E-state index contributed by atoms with van der Waals surface area (Å²) in [5, 5.41) is 11.4. The molecule has 0 radical (unpaired) electrons. The lowest BCUT2D eigenvalue weighted by Gasteiger charge is -2.43. The largest absolute Gasteiger partial charge is 0.480 e. The lowest BCUT2D eigenvalue weighted by molar-refractivity contribution is -0.161. The zero-order valence-corrected chi connectivity index (χ0v) is 14.1. The Kier molecular flexibility index (Phi) is 4.68. The molecule has 2 aliphatic rings. The van der Waals surface area contributed by atoms with E-state index in [1.54, 1.807) is 13.8 Å². The van der Waals surface area contributed by atoms with Gasteiger partial charge in [-0.1, -0.05) is 23.2 Å². The number of β-lactam (4-membered cyclic amide) rings is 1. The molecule has 4 N–H and O–H groups in total. The molecule has 1 unspecified atom stereocenters. The molecule has 2 saturated heterocycles.